The molecule has 1 N–H and O–H groups in total. The summed E-state index contributed by atoms with van der Waals surface area (Å²) in [5, 5.41) is 13.3. The van der Waals surface area contributed by atoms with Crippen molar-refractivity contribution in [2.75, 3.05) is 5.32 Å². The molecule has 0 bridgehead atoms. The second-order valence-electron chi connectivity index (χ2n) is 6.06. The lowest BCUT2D eigenvalue weighted by molar-refractivity contribution is -0.385. The van der Waals surface area contributed by atoms with Gasteiger partial charge in [-0.05, 0) is 36.8 Å². The molecule has 0 aromatic heterocycles. The van der Waals surface area contributed by atoms with Gasteiger partial charge in [0.15, 0.2) is 6.10 Å². The topological polar surface area (TPSA) is 98.5 Å². The van der Waals surface area contributed by atoms with E-state index in [1.807, 2.05) is 5.32 Å². The van der Waals surface area contributed by atoms with Gasteiger partial charge in [0.25, 0.3) is 11.6 Å². The number of anilines is 1. The minimum Gasteiger partial charge on any atom is -0.449 e. The number of amides is 1. The number of carbonyl (C=O) groups excluding carboxylic acids is 2. The summed E-state index contributed by atoms with van der Waals surface area (Å²) in [7, 11) is 0. The molecule has 2 aromatic carbocycles. The highest BCUT2D eigenvalue weighted by atomic mass is 35.5. The molecule has 2 aromatic rings. The van der Waals surface area contributed by atoms with Gasteiger partial charge in [-0.15, -0.1) is 0 Å². The highest BCUT2D eigenvalue weighted by Crippen LogP contribution is 2.37. The van der Waals surface area contributed by atoms with Crippen LogP contribution in [0, 0.1) is 10.1 Å². The number of carbonyl (C=O) groups is 2. The van der Waals surface area contributed by atoms with E-state index in [0.717, 1.165) is 25.1 Å². The van der Waals surface area contributed by atoms with Gasteiger partial charge in [-0.3, -0.25) is 14.9 Å². The number of nitrogens with one attached hydrogen (secondary N) is 1. The maximum atomic E-state index is 13.2. The zero-order chi connectivity index (χ0) is 23.3. The second kappa shape index (κ2) is 9.80. The van der Waals surface area contributed by atoms with Crippen LogP contribution >= 0.6 is 23.2 Å². The minimum absolute atomic E-state index is 0.258. The van der Waals surface area contributed by atoms with Crippen molar-refractivity contribution in [3.8, 4) is 0 Å². The van der Waals surface area contributed by atoms with Crippen LogP contribution in [0.1, 0.15) is 18.1 Å². The fourth-order valence-corrected chi connectivity index (χ4v) is 2.58. The number of ether oxygens (including phenoxy) is 1. The molecule has 0 fully saturated rings. The van der Waals surface area contributed by atoms with Crippen LogP contribution in [0.3, 0.4) is 0 Å². The average Bonchev–Trinajstić information content (AvgIpc) is 2.68. The van der Waals surface area contributed by atoms with E-state index in [4.69, 9.17) is 27.9 Å². The Morgan fingerprint density at radius 3 is 2.42 bits per heavy atom. The van der Waals surface area contributed by atoms with Crippen molar-refractivity contribution < 1.29 is 32.4 Å². The lowest BCUT2D eigenvalue weighted by Gasteiger charge is -2.16. The third-order valence-electron chi connectivity index (χ3n) is 3.79. The largest absolute Gasteiger partial charge is 0.449 e. The van der Waals surface area contributed by atoms with Gasteiger partial charge >= 0.3 is 12.1 Å². The highest BCUT2D eigenvalue weighted by molar-refractivity contribution is 6.42. The predicted molar refractivity (Wildman–Crippen MR) is 108 cm³/mol. The molecule has 0 aliphatic carbocycles. The monoisotopic (exact) mass is 476 g/mol. The van der Waals surface area contributed by atoms with Crippen LogP contribution in [0.25, 0.3) is 6.08 Å². The predicted octanol–water partition coefficient (Wildman–Crippen LogP) is 5.50. The van der Waals surface area contributed by atoms with Gasteiger partial charge < -0.3 is 10.1 Å². The molecule has 1 atom stereocenters. The van der Waals surface area contributed by atoms with E-state index in [1.165, 1.54) is 18.2 Å². The third-order valence-corrected chi connectivity index (χ3v) is 4.53. The molecule has 0 aliphatic rings. The Morgan fingerprint density at radius 2 is 1.84 bits per heavy atom. The number of esters is 1. The van der Waals surface area contributed by atoms with E-state index in [-0.39, 0.29) is 5.02 Å². The zero-order valence-corrected chi connectivity index (χ0v) is 17.1. The number of non-ortho nitro benzene ring substituents is 1. The van der Waals surface area contributed by atoms with Gasteiger partial charge in [0.05, 0.1) is 26.2 Å². The summed E-state index contributed by atoms with van der Waals surface area (Å²) >= 11 is 11.6. The summed E-state index contributed by atoms with van der Waals surface area (Å²) < 4.78 is 44.4. The molecule has 31 heavy (non-hydrogen) atoms. The van der Waals surface area contributed by atoms with Crippen LogP contribution in [0.5, 0.6) is 0 Å². The third kappa shape index (κ3) is 6.69. The van der Waals surface area contributed by atoms with E-state index < -0.39 is 46.0 Å². The fraction of sp³-hybridized carbons (Fsp3) is 0.158. The fourth-order valence-electron chi connectivity index (χ4n) is 2.27. The van der Waals surface area contributed by atoms with Gasteiger partial charge in [0, 0.05) is 18.2 Å². The SMILES string of the molecule is CC(OC(=O)/C=C/c1ccc(Cl)c(Cl)c1)C(=O)Nc1ccc([N+](=O)[O-])cc1C(F)(F)F. The molecular weight excluding hydrogens is 464 g/mol. The van der Waals surface area contributed by atoms with Crippen LogP contribution < -0.4 is 5.32 Å². The molecule has 12 heteroatoms. The maximum absolute atomic E-state index is 13.2. The number of benzene rings is 2. The van der Waals surface area contributed by atoms with Gasteiger partial charge in [0.2, 0.25) is 0 Å². The van der Waals surface area contributed by atoms with Gasteiger partial charge in [-0.1, -0.05) is 29.3 Å². The molecule has 0 heterocycles. The lowest BCUT2D eigenvalue weighted by atomic mass is 10.1. The molecule has 0 aliphatic heterocycles. The van der Waals surface area contributed by atoms with Gasteiger partial charge in [0.1, 0.15) is 0 Å². The van der Waals surface area contributed by atoms with Crippen molar-refractivity contribution in [1.82, 2.24) is 0 Å². The molecule has 1 unspecified atom stereocenters. The Balaban J connectivity index is 2.08. The van der Waals surface area contributed by atoms with Crippen molar-refractivity contribution in [2.45, 2.75) is 19.2 Å². The number of alkyl halides is 3. The first kappa shape index (κ1) is 24.2. The maximum Gasteiger partial charge on any atom is 0.418 e. The minimum atomic E-state index is -4.96. The van der Waals surface area contributed by atoms with Crippen LogP contribution in [-0.2, 0) is 20.5 Å². The summed E-state index contributed by atoms with van der Waals surface area (Å²) in [4.78, 5) is 33.8. The summed E-state index contributed by atoms with van der Waals surface area (Å²) in [6.45, 7) is 1.15. The Labute approximate surface area is 183 Å². The molecular formula is C19H13Cl2F3N2O5. The Kier molecular flexibility index (Phi) is 7.64. The number of nitro benzene ring substituents is 1. The first-order valence-electron chi connectivity index (χ1n) is 8.38. The van der Waals surface area contributed by atoms with Crippen LogP contribution in [0.4, 0.5) is 24.5 Å². The number of rotatable bonds is 6. The summed E-state index contributed by atoms with van der Waals surface area (Å²) in [5.41, 5.74) is -2.40. The van der Waals surface area contributed by atoms with Crippen molar-refractivity contribution in [3.05, 3.63) is 73.8 Å². The molecule has 164 valence electrons. The number of hydrogen-bond donors (Lipinski definition) is 1. The molecule has 0 spiro atoms. The summed E-state index contributed by atoms with van der Waals surface area (Å²) in [6, 6.07) is 6.41. The highest BCUT2D eigenvalue weighted by Gasteiger charge is 2.36. The zero-order valence-electron chi connectivity index (χ0n) is 15.6. The Bertz CT molecular complexity index is 1060. The average molecular weight is 477 g/mol. The lowest BCUT2D eigenvalue weighted by Crippen LogP contribution is -2.30. The smallest absolute Gasteiger partial charge is 0.418 e. The number of nitro groups is 1. The number of hydrogen-bond acceptors (Lipinski definition) is 5. The first-order chi connectivity index (χ1) is 14.4. The molecule has 0 saturated carbocycles. The normalized spacial score (nSPS) is 12.5. The van der Waals surface area contributed by atoms with E-state index in [0.29, 0.717) is 16.7 Å². The second-order valence-corrected chi connectivity index (χ2v) is 6.87. The van der Waals surface area contributed by atoms with Crippen molar-refractivity contribution in [2.24, 2.45) is 0 Å². The molecule has 2 rings (SSSR count). The Morgan fingerprint density at radius 1 is 1.16 bits per heavy atom. The van der Waals surface area contributed by atoms with E-state index in [9.17, 15) is 32.9 Å². The van der Waals surface area contributed by atoms with Gasteiger partial charge in [-0.25, -0.2) is 4.79 Å². The molecule has 7 nitrogen and oxygen atoms in total. The van der Waals surface area contributed by atoms with E-state index in [2.05, 4.69) is 0 Å². The number of nitrogens with zero attached hydrogens (tertiary/aromatic N) is 1. The number of halogens is 5. The standard InChI is InChI=1S/C19H13Cl2F3N2O5/c1-10(31-17(27)7-3-11-2-5-14(20)15(21)8-11)18(28)25-16-6-4-12(26(29)30)9-13(16)19(22,23)24/h2-10H,1H3,(H,25,28)/b7-3+. The van der Waals surface area contributed by atoms with Crippen LogP contribution in [0.2, 0.25) is 10.0 Å². The van der Waals surface area contributed by atoms with E-state index in [1.54, 1.807) is 6.07 Å². The van der Waals surface area contributed by atoms with Crippen molar-refractivity contribution in [3.63, 3.8) is 0 Å². The van der Waals surface area contributed by atoms with Crippen molar-refractivity contribution in [1.29, 1.82) is 0 Å². The van der Waals surface area contributed by atoms with E-state index >= 15 is 0 Å². The van der Waals surface area contributed by atoms with Gasteiger partial charge in [-0.2, -0.15) is 13.2 Å². The molecule has 0 saturated heterocycles. The first-order valence-corrected chi connectivity index (χ1v) is 9.14. The molecule has 0 radical (unpaired) electrons. The summed E-state index contributed by atoms with van der Waals surface area (Å²) in [6.07, 6.45) is -4.08. The van der Waals surface area contributed by atoms with Crippen LogP contribution in [0.15, 0.2) is 42.5 Å². The Hall–Kier alpha value is -3.11. The summed E-state index contributed by atoms with van der Waals surface area (Å²) in [5.74, 6) is -2.00. The van der Waals surface area contributed by atoms with Crippen molar-refractivity contribution >= 4 is 52.5 Å². The quantitative estimate of drug-likeness (QED) is 0.256. The van der Waals surface area contributed by atoms with Crippen LogP contribution in [-0.4, -0.2) is 22.9 Å². The molecule has 1 amide bonds.